The molecule has 2 aliphatic rings. The standard InChI is InChI=1S/C17H22N6O/c1-10-14(11(2)22-21-10)7-18-16-13-5-6-23(17(24)12-3-4-12)8-15(13)19-9-20-16/h9,12H,3-8H2,1-2H3,(H,21,22)(H,18,19,20). The third-order valence-corrected chi connectivity index (χ3v) is 4.96. The highest BCUT2D eigenvalue weighted by Gasteiger charge is 2.35. The number of carbonyl (C=O) groups is 1. The first kappa shape index (κ1) is 15.1. The summed E-state index contributed by atoms with van der Waals surface area (Å²) in [5.74, 6) is 1.43. The molecule has 0 bridgehead atoms. The number of hydrogen-bond acceptors (Lipinski definition) is 5. The lowest BCUT2D eigenvalue weighted by molar-refractivity contribution is -0.133. The molecule has 4 rings (SSSR count). The van der Waals surface area contributed by atoms with Crippen LogP contribution in [-0.4, -0.2) is 37.5 Å². The fourth-order valence-corrected chi connectivity index (χ4v) is 3.29. The zero-order valence-electron chi connectivity index (χ0n) is 14.1. The van der Waals surface area contributed by atoms with Gasteiger partial charge in [-0.25, -0.2) is 9.97 Å². The summed E-state index contributed by atoms with van der Waals surface area (Å²) in [5, 5.41) is 10.7. The molecule has 0 spiro atoms. The van der Waals surface area contributed by atoms with E-state index >= 15 is 0 Å². The minimum atomic E-state index is 0.262. The van der Waals surface area contributed by atoms with Crippen molar-refractivity contribution in [2.45, 2.75) is 46.2 Å². The van der Waals surface area contributed by atoms with Crippen molar-refractivity contribution in [2.75, 3.05) is 11.9 Å². The molecule has 1 fully saturated rings. The Balaban J connectivity index is 1.50. The van der Waals surface area contributed by atoms with Crippen LogP contribution in [0.25, 0.3) is 0 Å². The van der Waals surface area contributed by atoms with Crippen LogP contribution >= 0.6 is 0 Å². The molecule has 1 aliphatic heterocycles. The first-order chi connectivity index (χ1) is 11.6. The topological polar surface area (TPSA) is 86.8 Å². The second-order valence-electron chi connectivity index (χ2n) is 6.70. The maximum atomic E-state index is 12.3. The van der Waals surface area contributed by atoms with Crippen LogP contribution in [0.1, 0.15) is 41.1 Å². The Hall–Kier alpha value is -2.44. The van der Waals surface area contributed by atoms with Crippen molar-refractivity contribution in [3.63, 3.8) is 0 Å². The van der Waals surface area contributed by atoms with Crippen LogP contribution in [0, 0.1) is 19.8 Å². The number of anilines is 1. The summed E-state index contributed by atoms with van der Waals surface area (Å²) in [4.78, 5) is 23.0. The molecule has 24 heavy (non-hydrogen) atoms. The predicted octanol–water partition coefficient (Wildman–Crippen LogP) is 1.72. The van der Waals surface area contributed by atoms with Crippen LogP contribution < -0.4 is 5.32 Å². The van der Waals surface area contributed by atoms with E-state index in [0.29, 0.717) is 19.0 Å². The monoisotopic (exact) mass is 326 g/mol. The van der Waals surface area contributed by atoms with Gasteiger partial charge in [-0.3, -0.25) is 9.89 Å². The van der Waals surface area contributed by atoms with E-state index in [9.17, 15) is 4.79 Å². The van der Waals surface area contributed by atoms with Crippen molar-refractivity contribution in [1.29, 1.82) is 0 Å². The first-order valence-electron chi connectivity index (χ1n) is 8.49. The zero-order valence-corrected chi connectivity index (χ0v) is 14.1. The van der Waals surface area contributed by atoms with Crippen LogP contribution in [0.15, 0.2) is 6.33 Å². The maximum absolute atomic E-state index is 12.3. The quantitative estimate of drug-likeness (QED) is 0.893. The third-order valence-electron chi connectivity index (χ3n) is 4.96. The molecule has 1 amide bonds. The molecule has 126 valence electrons. The fraction of sp³-hybridized carbons (Fsp3) is 0.529. The summed E-state index contributed by atoms with van der Waals surface area (Å²) < 4.78 is 0. The molecule has 1 aliphatic carbocycles. The van der Waals surface area contributed by atoms with Crippen LogP contribution in [0.3, 0.4) is 0 Å². The molecule has 0 radical (unpaired) electrons. The van der Waals surface area contributed by atoms with Gasteiger partial charge in [0.1, 0.15) is 12.1 Å². The van der Waals surface area contributed by atoms with Crippen LogP contribution in [0.4, 0.5) is 5.82 Å². The van der Waals surface area contributed by atoms with Gasteiger partial charge in [-0.2, -0.15) is 5.10 Å². The number of aryl methyl sites for hydroxylation is 2. The Labute approximate surface area is 140 Å². The summed E-state index contributed by atoms with van der Waals surface area (Å²) in [6, 6.07) is 0. The Morgan fingerprint density at radius 3 is 2.92 bits per heavy atom. The number of amides is 1. The van der Waals surface area contributed by atoms with Crippen LogP contribution in [-0.2, 0) is 24.3 Å². The molecule has 1 saturated carbocycles. The van der Waals surface area contributed by atoms with Crippen molar-refractivity contribution in [3.8, 4) is 0 Å². The smallest absolute Gasteiger partial charge is 0.226 e. The molecular weight excluding hydrogens is 304 g/mol. The molecule has 7 heteroatoms. The van der Waals surface area contributed by atoms with Crippen LogP contribution in [0.2, 0.25) is 0 Å². The second-order valence-corrected chi connectivity index (χ2v) is 6.70. The van der Waals surface area contributed by atoms with Gasteiger partial charge in [0.15, 0.2) is 0 Å². The van der Waals surface area contributed by atoms with Gasteiger partial charge in [0, 0.05) is 35.8 Å². The second kappa shape index (κ2) is 5.89. The lowest BCUT2D eigenvalue weighted by Gasteiger charge is -2.29. The molecule has 0 unspecified atom stereocenters. The lowest BCUT2D eigenvalue weighted by Crippen LogP contribution is -2.37. The van der Waals surface area contributed by atoms with Crippen molar-refractivity contribution in [2.24, 2.45) is 5.92 Å². The SMILES string of the molecule is Cc1n[nH]c(C)c1CNc1ncnc2c1CCN(C(=O)C1CC1)C2. The molecule has 3 heterocycles. The third kappa shape index (κ3) is 2.74. The van der Waals surface area contributed by atoms with E-state index in [1.807, 2.05) is 18.7 Å². The first-order valence-corrected chi connectivity index (χ1v) is 8.49. The zero-order chi connectivity index (χ0) is 16.7. The molecular formula is C17H22N6O. The van der Waals surface area contributed by atoms with E-state index in [1.165, 1.54) is 5.56 Å². The summed E-state index contributed by atoms with van der Waals surface area (Å²) in [7, 11) is 0. The average molecular weight is 326 g/mol. The largest absolute Gasteiger partial charge is 0.366 e. The van der Waals surface area contributed by atoms with Gasteiger partial charge >= 0.3 is 0 Å². The van der Waals surface area contributed by atoms with Gasteiger partial charge in [0.25, 0.3) is 0 Å². The number of nitrogens with zero attached hydrogens (tertiary/aromatic N) is 4. The molecule has 2 aromatic rings. The van der Waals surface area contributed by atoms with Gasteiger partial charge in [-0.05, 0) is 33.1 Å². The van der Waals surface area contributed by atoms with Crippen molar-refractivity contribution in [1.82, 2.24) is 25.1 Å². The van der Waals surface area contributed by atoms with Gasteiger partial charge < -0.3 is 10.2 Å². The Morgan fingerprint density at radius 1 is 1.38 bits per heavy atom. The number of aromatic amines is 1. The number of carbonyl (C=O) groups excluding carboxylic acids is 1. The van der Waals surface area contributed by atoms with E-state index in [1.54, 1.807) is 6.33 Å². The highest BCUT2D eigenvalue weighted by molar-refractivity contribution is 5.81. The van der Waals surface area contributed by atoms with Gasteiger partial charge in [0.2, 0.25) is 5.91 Å². The van der Waals surface area contributed by atoms with E-state index < -0.39 is 0 Å². The summed E-state index contributed by atoms with van der Waals surface area (Å²) in [6.45, 7) is 6.06. The lowest BCUT2D eigenvalue weighted by atomic mass is 10.0. The molecule has 0 aromatic carbocycles. The Morgan fingerprint density at radius 2 is 2.21 bits per heavy atom. The van der Waals surface area contributed by atoms with E-state index in [2.05, 4.69) is 25.5 Å². The molecule has 0 atom stereocenters. The average Bonchev–Trinajstić information content (AvgIpc) is 3.39. The minimum absolute atomic E-state index is 0.262. The number of rotatable bonds is 4. The highest BCUT2D eigenvalue weighted by Crippen LogP contribution is 2.33. The number of hydrogen-bond donors (Lipinski definition) is 2. The molecule has 7 nitrogen and oxygen atoms in total. The summed E-state index contributed by atoms with van der Waals surface area (Å²) in [6.07, 6.45) is 4.48. The van der Waals surface area contributed by atoms with E-state index in [4.69, 9.17) is 0 Å². The fourth-order valence-electron chi connectivity index (χ4n) is 3.29. The van der Waals surface area contributed by atoms with Crippen LogP contribution in [0.5, 0.6) is 0 Å². The van der Waals surface area contributed by atoms with Gasteiger partial charge in [-0.15, -0.1) is 0 Å². The summed E-state index contributed by atoms with van der Waals surface area (Å²) >= 11 is 0. The number of H-pyrrole nitrogens is 1. The van der Waals surface area contributed by atoms with Crippen molar-refractivity contribution >= 4 is 11.7 Å². The van der Waals surface area contributed by atoms with Gasteiger partial charge in [-0.1, -0.05) is 0 Å². The number of fused-ring (bicyclic) bond motifs is 1. The summed E-state index contributed by atoms with van der Waals surface area (Å²) in [5.41, 5.74) is 5.35. The van der Waals surface area contributed by atoms with Gasteiger partial charge in [0.05, 0.1) is 17.9 Å². The minimum Gasteiger partial charge on any atom is -0.366 e. The Bertz CT molecular complexity index is 760. The number of nitrogens with one attached hydrogen (secondary N) is 2. The molecule has 0 saturated heterocycles. The Kier molecular flexibility index (Phi) is 3.70. The molecule has 2 N–H and O–H groups in total. The van der Waals surface area contributed by atoms with E-state index in [-0.39, 0.29) is 5.92 Å². The van der Waals surface area contributed by atoms with E-state index in [0.717, 1.165) is 54.3 Å². The van der Waals surface area contributed by atoms with Crippen molar-refractivity contribution < 1.29 is 4.79 Å². The normalized spacial score (nSPS) is 16.8. The predicted molar refractivity (Wildman–Crippen MR) is 89.3 cm³/mol. The maximum Gasteiger partial charge on any atom is 0.226 e. The molecule has 2 aromatic heterocycles. The highest BCUT2D eigenvalue weighted by atomic mass is 16.2. The van der Waals surface area contributed by atoms with Crippen molar-refractivity contribution in [3.05, 3.63) is 34.5 Å². The number of aromatic nitrogens is 4.